The molecule has 148 valence electrons. The van der Waals surface area contributed by atoms with Gasteiger partial charge in [0.2, 0.25) is 11.8 Å². The van der Waals surface area contributed by atoms with Gasteiger partial charge >= 0.3 is 0 Å². The topological polar surface area (TPSA) is 88.3 Å². The minimum Gasteiger partial charge on any atom is -0.346 e. The van der Waals surface area contributed by atoms with Gasteiger partial charge in [0.1, 0.15) is 17.7 Å². The van der Waals surface area contributed by atoms with Gasteiger partial charge in [0.05, 0.1) is 23.8 Å². The average Bonchev–Trinajstić information content (AvgIpc) is 3.17. The number of nitrogens with one attached hydrogen (secondary N) is 1. The van der Waals surface area contributed by atoms with Crippen LogP contribution >= 0.6 is 0 Å². The Morgan fingerprint density at radius 1 is 1.29 bits per heavy atom. The molecule has 1 aromatic heterocycles. The van der Waals surface area contributed by atoms with Crippen LogP contribution in [0.1, 0.15) is 31.5 Å². The third-order valence-corrected chi connectivity index (χ3v) is 4.89. The van der Waals surface area contributed by atoms with Crippen LogP contribution in [0.4, 0.5) is 8.78 Å². The van der Waals surface area contributed by atoms with Crippen LogP contribution in [0.3, 0.4) is 0 Å². The molecule has 0 spiro atoms. The largest absolute Gasteiger partial charge is 0.346 e. The predicted molar refractivity (Wildman–Crippen MR) is 99.9 cm³/mol. The van der Waals surface area contributed by atoms with Gasteiger partial charge in [0.15, 0.2) is 0 Å². The van der Waals surface area contributed by atoms with Crippen molar-refractivity contribution in [3.8, 4) is 11.1 Å². The summed E-state index contributed by atoms with van der Waals surface area (Å²) in [5.74, 6) is -1.85. The number of carbonyl (C=O) groups is 2. The van der Waals surface area contributed by atoms with E-state index < -0.39 is 23.7 Å². The highest BCUT2D eigenvalue weighted by atomic mass is 19.1. The molecular weight excluding hydrogens is 366 g/mol. The quantitative estimate of drug-likeness (QED) is 0.822. The van der Waals surface area contributed by atoms with Crippen molar-refractivity contribution in [1.82, 2.24) is 15.2 Å². The van der Waals surface area contributed by atoms with Crippen molar-refractivity contribution >= 4 is 11.8 Å². The second-order valence-electron chi connectivity index (χ2n) is 6.75. The number of aromatic nitrogens is 1. The molecular formula is C20H22F2N4O2. The van der Waals surface area contributed by atoms with Gasteiger partial charge in [-0.1, -0.05) is 12.1 Å². The zero-order chi connectivity index (χ0) is 20.3. The summed E-state index contributed by atoms with van der Waals surface area (Å²) in [6.45, 7) is 2.15. The molecule has 0 aliphatic carbocycles. The van der Waals surface area contributed by atoms with Crippen LogP contribution in [0.25, 0.3) is 11.1 Å². The Hall–Kier alpha value is -2.87. The number of carbonyl (C=O) groups excluding carboxylic acids is 2. The average molecular weight is 388 g/mol. The van der Waals surface area contributed by atoms with E-state index in [1.165, 1.54) is 29.3 Å². The molecule has 2 heterocycles. The number of rotatable bonds is 5. The van der Waals surface area contributed by atoms with Crippen LogP contribution in [0.5, 0.6) is 0 Å². The number of nitrogens with two attached hydrogens (primary N) is 1. The van der Waals surface area contributed by atoms with E-state index in [0.29, 0.717) is 24.2 Å². The van der Waals surface area contributed by atoms with E-state index in [-0.39, 0.29) is 23.9 Å². The van der Waals surface area contributed by atoms with Crippen molar-refractivity contribution in [2.75, 3.05) is 13.1 Å². The third kappa shape index (κ3) is 4.01. The fourth-order valence-corrected chi connectivity index (χ4v) is 3.42. The molecule has 0 bridgehead atoms. The van der Waals surface area contributed by atoms with Crippen LogP contribution in [0.2, 0.25) is 0 Å². The molecule has 1 fully saturated rings. The van der Waals surface area contributed by atoms with Gasteiger partial charge < -0.3 is 16.0 Å². The van der Waals surface area contributed by atoms with Crippen molar-refractivity contribution in [1.29, 1.82) is 0 Å². The maximum Gasteiger partial charge on any atom is 0.243 e. The zero-order valence-corrected chi connectivity index (χ0v) is 15.5. The van der Waals surface area contributed by atoms with Gasteiger partial charge in [-0.05, 0) is 38.0 Å². The Balaban J connectivity index is 1.70. The Bertz CT molecular complexity index is 853. The van der Waals surface area contributed by atoms with Gasteiger partial charge in [-0.3, -0.25) is 14.6 Å². The lowest BCUT2D eigenvalue weighted by Crippen LogP contribution is -2.48. The molecule has 28 heavy (non-hydrogen) atoms. The Morgan fingerprint density at radius 2 is 2.00 bits per heavy atom. The molecule has 2 atom stereocenters. The second kappa shape index (κ2) is 8.43. The Kier molecular flexibility index (Phi) is 5.99. The summed E-state index contributed by atoms with van der Waals surface area (Å²) >= 11 is 0. The van der Waals surface area contributed by atoms with Gasteiger partial charge in [-0.2, -0.15) is 0 Å². The number of halogens is 2. The molecule has 2 aromatic rings. The van der Waals surface area contributed by atoms with E-state index in [9.17, 15) is 18.4 Å². The highest BCUT2D eigenvalue weighted by Gasteiger charge is 2.34. The number of pyridine rings is 1. The first kappa shape index (κ1) is 19.9. The van der Waals surface area contributed by atoms with Crippen molar-refractivity contribution in [3.63, 3.8) is 0 Å². The maximum atomic E-state index is 13.9. The van der Waals surface area contributed by atoms with Gasteiger partial charge in [-0.25, -0.2) is 8.78 Å². The van der Waals surface area contributed by atoms with Crippen LogP contribution in [0, 0.1) is 11.6 Å². The monoisotopic (exact) mass is 388 g/mol. The van der Waals surface area contributed by atoms with Gasteiger partial charge in [0.25, 0.3) is 0 Å². The van der Waals surface area contributed by atoms with Crippen molar-refractivity contribution in [3.05, 3.63) is 53.9 Å². The lowest BCUT2D eigenvalue weighted by Gasteiger charge is -2.25. The fourth-order valence-electron chi connectivity index (χ4n) is 3.42. The van der Waals surface area contributed by atoms with Gasteiger partial charge in [0, 0.05) is 18.3 Å². The lowest BCUT2D eigenvalue weighted by molar-refractivity contribution is -0.137. The first-order valence-corrected chi connectivity index (χ1v) is 9.12. The summed E-state index contributed by atoms with van der Waals surface area (Å²) in [5, 5.41) is 2.84. The minimum absolute atomic E-state index is 0.130. The summed E-state index contributed by atoms with van der Waals surface area (Å²) in [7, 11) is 0. The third-order valence-electron chi connectivity index (χ3n) is 4.89. The van der Waals surface area contributed by atoms with Gasteiger partial charge in [-0.15, -0.1) is 0 Å². The highest BCUT2D eigenvalue weighted by molar-refractivity contribution is 5.89. The fraction of sp³-hybridized carbons (Fsp3) is 0.350. The number of hydrogen-bond donors (Lipinski definition) is 2. The molecule has 1 aromatic carbocycles. The molecule has 2 amide bonds. The predicted octanol–water partition coefficient (Wildman–Crippen LogP) is 2.15. The summed E-state index contributed by atoms with van der Waals surface area (Å²) < 4.78 is 27.8. The van der Waals surface area contributed by atoms with E-state index in [1.807, 2.05) is 0 Å². The van der Waals surface area contributed by atoms with Crippen molar-refractivity contribution in [2.24, 2.45) is 5.73 Å². The molecule has 6 nitrogen and oxygen atoms in total. The summed E-state index contributed by atoms with van der Waals surface area (Å²) in [5.41, 5.74) is 6.12. The summed E-state index contributed by atoms with van der Waals surface area (Å²) in [4.78, 5) is 30.2. The lowest BCUT2D eigenvalue weighted by atomic mass is 10.1. The number of amides is 2. The van der Waals surface area contributed by atoms with Crippen LogP contribution in [-0.4, -0.2) is 40.8 Å². The molecule has 1 saturated heterocycles. The Morgan fingerprint density at radius 3 is 2.61 bits per heavy atom. The van der Waals surface area contributed by atoms with E-state index in [4.69, 9.17) is 5.73 Å². The molecule has 1 aliphatic rings. The SMILES string of the molecule is CC(NC(=O)C1CCCN1C(=O)CN)c1ccc(-c2c(F)cccc2F)cn1. The number of benzene rings is 1. The molecule has 0 saturated carbocycles. The normalized spacial score (nSPS) is 17.4. The van der Waals surface area contributed by atoms with Crippen LogP contribution < -0.4 is 11.1 Å². The van der Waals surface area contributed by atoms with E-state index in [1.54, 1.807) is 19.1 Å². The first-order chi connectivity index (χ1) is 13.4. The number of hydrogen-bond acceptors (Lipinski definition) is 4. The maximum absolute atomic E-state index is 13.9. The Labute approximate surface area is 161 Å². The number of nitrogens with zero attached hydrogens (tertiary/aromatic N) is 2. The zero-order valence-electron chi connectivity index (χ0n) is 15.5. The molecule has 0 radical (unpaired) electrons. The van der Waals surface area contributed by atoms with E-state index >= 15 is 0 Å². The highest BCUT2D eigenvalue weighted by Crippen LogP contribution is 2.26. The molecule has 2 unspecified atom stereocenters. The summed E-state index contributed by atoms with van der Waals surface area (Å²) in [6, 6.07) is 5.88. The number of likely N-dealkylation sites (tertiary alicyclic amines) is 1. The van der Waals surface area contributed by atoms with E-state index in [2.05, 4.69) is 10.3 Å². The van der Waals surface area contributed by atoms with E-state index in [0.717, 1.165) is 6.42 Å². The summed E-state index contributed by atoms with van der Waals surface area (Å²) in [6.07, 6.45) is 2.71. The van der Waals surface area contributed by atoms with Crippen LogP contribution in [-0.2, 0) is 9.59 Å². The second-order valence-corrected chi connectivity index (χ2v) is 6.75. The molecule has 1 aliphatic heterocycles. The molecule has 3 rings (SSSR count). The first-order valence-electron chi connectivity index (χ1n) is 9.12. The van der Waals surface area contributed by atoms with Crippen LogP contribution in [0.15, 0.2) is 36.5 Å². The minimum atomic E-state index is -0.665. The molecule has 3 N–H and O–H groups in total. The molecule has 8 heteroatoms. The standard InChI is InChI=1S/C20H22F2N4O2/c1-12(25-20(28)17-6-3-9-26(17)18(27)10-23)16-8-7-13(11-24-16)19-14(21)4-2-5-15(19)22/h2,4-5,7-8,11-12,17H,3,6,9-10,23H2,1H3,(H,25,28). The van der Waals surface area contributed by atoms with Crippen molar-refractivity contribution in [2.45, 2.75) is 31.8 Å². The smallest absolute Gasteiger partial charge is 0.243 e. The van der Waals surface area contributed by atoms with Crippen molar-refractivity contribution < 1.29 is 18.4 Å².